The number of hydrogen-bond donors (Lipinski definition) is 1. The van der Waals surface area contributed by atoms with E-state index in [0.29, 0.717) is 26.2 Å². The first-order chi connectivity index (χ1) is 8.92. The van der Waals surface area contributed by atoms with Gasteiger partial charge in [0, 0.05) is 26.7 Å². The quantitative estimate of drug-likeness (QED) is 0.814. The number of likely N-dealkylation sites (N-methyl/N-ethyl adjacent to an activating group) is 1. The van der Waals surface area contributed by atoms with Gasteiger partial charge in [0.1, 0.15) is 0 Å². The lowest BCUT2D eigenvalue weighted by atomic mass is 9.99. The van der Waals surface area contributed by atoms with E-state index in [1.54, 1.807) is 16.9 Å². The highest BCUT2D eigenvalue weighted by atomic mass is 16.5. The summed E-state index contributed by atoms with van der Waals surface area (Å²) in [6, 6.07) is -0.107. The van der Waals surface area contributed by atoms with Crippen LogP contribution >= 0.6 is 0 Å². The maximum atomic E-state index is 12.4. The van der Waals surface area contributed by atoms with Crippen LogP contribution in [-0.2, 0) is 9.53 Å². The second kappa shape index (κ2) is 6.75. The van der Waals surface area contributed by atoms with E-state index in [0.717, 1.165) is 0 Å². The molecule has 110 valence electrons. The van der Waals surface area contributed by atoms with Crippen LogP contribution in [0.3, 0.4) is 0 Å². The van der Waals surface area contributed by atoms with Crippen LogP contribution < -0.4 is 0 Å². The molecule has 1 unspecified atom stereocenters. The minimum atomic E-state index is -0.823. The molecular formula is C13H24N2O4. The van der Waals surface area contributed by atoms with E-state index in [1.165, 1.54) is 0 Å². The number of amides is 2. The van der Waals surface area contributed by atoms with Crippen molar-refractivity contribution < 1.29 is 19.4 Å². The number of carboxylic acids is 1. The fraction of sp³-hybridized carbons (Fsp3) is 0.846. The first-order valence-electron chi connectivity index (χ1n) is 6.69. The Morgan fingerprint density at radius 1 is 1.47 bits per heavy atom. The van der Waals surface area contributed by atoms with E-state index in [-0.39, 0.29) is 18.0 Å². The fourth-order valence-electron chi connectivity index (χ4n) is 2.59. The van der Waals surface area contributed by atoms with Crippen LogP contribution in [0.1, 0.15) is 20.8 Å². The van der Waals surface area contributed by atoms with Crippen LogP contribution in [0.4, 0.5) is 4.79 Å². The van der Waals surface area contributed by atoms with E-state index < -0.39 is 11.9 Å². The molecule has 1 heterocycles. The number of methoxy groups -OCH3 is 1. The molecule has 6 nitrogen and oxygen atoms in total. The molecule has 0 radical (unpaired) electrons. The van der Waals surface area contributed by atoms with Crippen molar-refractivity contribution in [2.45, 2.75) is 26.8 Å². The third kappa shape index (κ3) is 3.59. The van der Waals surface area contributed by atoms with Gasteiger partial charge < -0.3 is 19.6 Å². The van der Waals surface area contributed by atoms with Gasteiger partial charge in [-0.05, 0) is 19.8 Å². The van der Waals surface area contributed by atoms with Gasteiger partial charge in [-0.2, -0.15) is 0 Å². The molecule has 3 atom stereocenters. The number of rotatable bonds is 5. The standard InChI is InChI=1S/C13H24N2O4/c1-5-15(10(3)8-19-4)13(18)14-6-9(2)11(7-14)12(16)17/h9-11H,5-8H2,1-4H3,(H,16,17)/t9-,10?,11-/m1/s1. The van der Waals surface area contributed by atoms with E-state index >= 15 is 0 Å². The van der Waals surface area contributed by atoms with Crippen molar-refractivity contribution in [3.8, 4) is 0 Å². The van der Waals surface area contributed by atoms with Gasteiger partial charge in [-0.3, -0.25) is 4.79 Å². The molecule has 1 fully saturated rings. The van der Waals surface area contributed by atoms with Gasteiger partial charge in [-0.25, -0.2) is 4.79 Å². The summed E-state index contributed by atoms with van der Waals surface area (Å²) in [7, 11) is 1.60. The minimum absolute atomic E-state index is 0.00196. The zero-order valence-electron chi connectivity index (χ0n) is 12.1. The molecule has 1 N–H and O–H groups in total. The highest BCUT2D eigenvalue weighted by Gasteiger charge is 2.38. The molecule has 1 aliphatic heterocycles. The van der Waals surface area contributed by atoms with Crippen LogP contribution in [-0.4, -0.2) is 66.3 Å². The van der Waals surface area contributed by atoms with Gasteiger partial charge in [0.2, 0.25) is 0 Å². The maximum Gasteiger partial charge on any atom is 0.320 e. The average Bonchev–Trinajstić information content (AvgIpc) is 2.72. The molecule has 0 bridgehead atoms. The first kappa shape index (κ1) is 15.8. The Bertz CT molecular complexity index is 335. The van der Waals surface area contributed by atoms with Crippen LogP contribution in [0.15, 0.2) is 0 Å². The molecule has 1 saturated heterocycles. The predicted octanol–water partition coefficient (Wildman–Crippen LogP) is 1.12. The molecule has 0 aliphatic carbocycles. The van der Waals surface area contributed by atoms with Crippen LogP contribution in [0.5, 0.6) is 0 Å². The fourth-order valence-corrected chi connectivity index (χ4v) is 2.59. The van der Waals surface area contributed by atoms with Gasteiger partial charge in [0.15, 0.2) is 0 Å². The second-order valence-corrected chi connectivity index (χ2v) is 5.20. The topological polar surface area (TPSA) is 70.1 Å². The lowest BCUT2D eigenvalue weighted by Gasteiger charge is -2.31. The van der Waals surface area contributed by atoms with Crippen LogP contribution in [0, 0.1) is 11.8 Å². The van der Waals surface area contributed by atoms with E-state index in [2.05, 4.69) is 0 Å². The van der Waals surface area contributed by atoms with E-state index in [9.17, 15) is 9.59 Å². The number of ether oxygens (including phenoxy) is 1. The Labute approximate surface area is 114 Å². The van der Waals surface area contributed by atoms with Crippen molar-refractivity contribution in [1.82, 2.24) is 9.80 Å². The van der Waals surface area contributed by atoms with Gasteiger partial charge >= 0.3 is 12.0 Å². The molecule has 0 aromatic heterocycles. The normalized spacial score (nSPS) is 24.3. The number of carbonyl (C=O) groups is 2. The van der Waals surface area contributed by atoms with Gasteiger partial charge in [-0.15, -0.1) is 0 Å². The van der Waals surface area contributed by atoms with Crippen LogP contribution in [0.25, 0.3) is 0 Å². The lowest BCUT2D eigenvalue weighted by Crippen LogP contribution is -2.48. The zero-order chi connectivity index (χ0) is 14.6. The largest absolute Gasteiger partial charge is 0.481 e. The third-order valence-electron chi connectivity index (χ3n) is 3.73. The first-order valence-corrected chi connectivity index (χ1v) is 6.69. The van der Waals surface area contributed by atoms with Crippen molar-refractivity contribution in [3.05, 3.63) is 0 Å². The summed E-state index contributed by atoms with van der Waals surface area (Å²) in [4.78, 5) is 26.9. The molecule has 6 heteroatoms. The van der Waals surface area contributed by atoms with E-state index in [4.69, 9.17) is 9.84 Å². The Balaban J connectivity index is 2.69. The Kier molecular flexibility index (Phi) is 5.60. The molecule has 0 spiro atoms. The number of urea groups is 1. The smallest absolute Gasteiger partial charge is 0.320 e. The predicted molar refractivity (Wildman–Crippen MR) is 71.0 cm³/mol. The number of nitrogens with zero attached hydrogens (tertiary/aromatic N) is 2. The summed E-state index contributed by atoms with van der Waals surface area (Å²) in [6.07, 6.45) is 0. The molecule has 2 amide bonds. The molecule has 1 rings (SSSR count). The van der Waals surface area contributed by atoms with Gasteiger partial charge in [0.05, 0.1) is 18.6 Å². The summed E-state index contributed by atoms with van der Waals surface area (Å²) >= 11 is 0. The summed E-state index contributed by atoms with van der Waals surface area (Å²) < 4.78 is 5.07. The molecular weight excluding hydrogens is 248 g/mol. The molecule has 0 saturated carbocycles. The van der Waals surface area contributed by atoms with Crippen molar-refractivity contribution in [1.29, 1.82) is 0 Å². The maximum absolute atomic E-state index is 12.4. The molecule has 0 aromatic carbocycles. The zero-order valence-corrected chi connectivity index (χ0v) is 12.1. The van der Waals surface area contributed by atoms with Crippen molar-refractivity contribution in [2.24, 2.45) is 11.8 Å². The number of carboxylic acid groups (broad SMARTS) is 1. The monoisotopic (exact) mass is 272 g/mol. The average molecular weight is 272 g/mol. The highest BCUT2D eigenvalue weighted by Crippen LogP contribution is 2.24. The van der Waals surface area contributed by atoms with Crippen molar-refractivity contribution >= 4 is 12.0 Å². The number of likely N-dealkylation sites (tertiary alicyclic amines) is 1. The highest BCUT2D eigenvalue weighted by molar-refractivity contribution is 5.78. The van der Waals surface area contributed by atoms with Crippen LogP contribution in [0.2, 0.25) is 0 Å². The van der Waals surface area contributed by atoms with Gasteiger partial charge in [0.25, 0.3) is 0 Å². The van der Waals surface area contributed by atoms with E-state index in [1.807, 2.05) is 20.8 Å². The number of carbonyl (C=O) groups excluding carboxylic acids is 1. The SMILES string of the molecule is CCN(C(=O)N1C[C@@H](C)[C@H](C(=O)O)C1)C(C)COC. The Morgan fingerprint density at radius 2 is 2.11 bits per heavy atom. The Morgan fingerprint density at radius 3 is 2.53 bits per heavy atom. The summed E-state index contributed by atoms with van der Waals surface area (Å²) in [5, 5.41) is 9.10. The summed E-state index contributed by atoms with van der Waals surface area (Å²) in [5.74, 6) is -1.28. The second-order valence-electron chi connectivity index (χ2n) is 5.20. The molecule has 19 heavy (non-hydrogen) atoms. The molecule has 0 aromatic rings. The van der Waals surface area contributed by atoms with Crippen molar-refractivity contribution in [2.75, 3.05) is 33.4 Å². The third-order valence-corrected chi connectivity index (χ3v) is 3.73. The number of hydrogen-bond acceptors (Lipinski definition) is 3. The van der Waals surface area contributed by atoms with Crippen molar-refractivity contribution in [3.63, 3.8) is 0 Å². The van der Waals surface area contributed by atoms with Gasteiger partial charge in [-0.1, -0.05) is 6.92 Å². The minimum Gasteiger partial charge on any atom is -0.481 e. The summed E-state index contributed by atoms with van der Waals surface area (Å²) in [6.45, 7) is 7.59. The summed E-state index contributed by atoms with van der Waals surface area (Å²) in [5.41, 5.74) is 0. The molecule has 1 aliphatic rings. The lowest BCUT2D eigenvalue weighted by molar-refractivity contribution is -0.142. The number of aliphatic carboxylic acids is 1. The Hall–Kier alpha value is -1.30.